The van der Waals surface area contributed by atoms with Gasteiger partial charge in [-0.2, -0.15) is 0 Å². The Kier molecular flexibility index (Phi) is 3.68. The number of aromatic hydroxyl groups is 1. The van der Waals surface area contributed by atoms with Gasteiger partial charge in [0, 0.05) is 10.9 Å². The molecule has 7 heteroatoms. The zero-order valence-electron chi connectivity index (χ0n) is 10.4. The summed E-state index contributed by atoms with van der Waals surface area (Å²) in [6.45, 7) is 1.83. The molecule has 19 heavy (non-hydrogen) atoms. The van der Waals surface area contributed by atoms with Gasteiger partial charge in [-0.15, -0.1) is 11.3 Å². The molecular weight excluding hydrogens is 286 g/mol. The highest BCUT2D eigenvalue weighted by atomic mass is 32.2. The standard InChI is InChI=1S/C12H13NO4S2/c1-8-3-6-12(18-8)19(15,16)13-10-5-4-9(17-2)7-11(10)14/h3-7,13-14H,1-2H3. The molecule has 0 amide bonds. The molecule has 0 radical (unpaired) electrons. The molecule has 102 valence electrons. The van der Waals surface area contributed by atoms with E-state index in [4.69, 9.17) is 4.74 Å². The summed E-state index contributed by atoms with van der Waals surface area (Å²) < 4.78 is 31.6. The number of hydrogen-bond acceptors (Lipinski definition) is 5. The number of anilines is 1. The summed E-state index contributed by atoms with van der Waals surface area (Å²) in [6, 6.07) is 7.62. The molecule has 0 fully saturated rings. The summed E-state index contributed by atoms with van der Waals surface area (Å²) in [5, 5.41) is 9.73. The number of aryl methyl sites for hydroxylation is 1. The molecule has 0 atom stereocenters. The number of sulfonamides is 1. The maximum Gasteiger partial charge on any atom is 0.271 e. The van der Waals surface area contributed by atoms with Crippen LogP contribution in [0, 0.1) is 6.92 Å². The number of phenolic OH excluding ortho intramolecular Hbond substituents is 1. The molecule has 0 unspecified atom stereocenters. The van der Waals surface area contributed by atoms with E-state index in [0.717, 1.165) is 4.88 Å². The maximum atomic E-state index is 12.1. The normalized spacial score (nSPS) is 11.3. The average molecular weight is 299 g/mol. The van der Waals surface area contributed by atoms with E-state index in [1.165, 1.54) is 36.6 Å². The van der Waals surface area contributed by atoms with Gasteiger partial charge in [0.05, 0.1) is 12.8 Å². The summed E-state index contributed by atoms with van der Waals surface area (Å²) in [5.74, 6) is 0.267. The van der Waals surface area contributed by atoms with Crippen molar-refractivity contribution in [1.29, 1.82) is 0 Å². The number of benzene rings is 1. The van der Waals surface area contributed by atoms with Crippen molar-refractivity contribution in [3.63, 3.8) is 0 Å². The van der Waals surface area contributed by atoms with Crippen LogP contribution in [0.25, 0.3) is 0 Å². The van der Waals surface area contributed by atoms with Gasteiger partial charge in [-0.3, -0.25) is 4.72 Å². The smallest absolute Gasteiger partial charge is 0.271 e. The summed E-state index contributed by atoms with van der Waals surface area (Å²) in [4.78, 5) is 0.902. The van der Waals surface area contributed by atoms with Gasteiger partial charge in [0.15, 0.2) is 0 Å². The molecule has 1 aromatic carbocycles. The zero-order chi connectivity index (χ0) is 14.0. The largest absolute Gasteiger partial charge is 0.506 e. The summed E-state index contributed by atoms with van der Waals surface area (Å²) >= 11 is 1.17. The second kappa shape index (κ2) is 5.10. The minimum absolute atomic E-state index is 0.117. The SMILES string of the molecule is COc1ccc(NS(=O)(=O)c2ccc(C)s2)c(O)c1. The molecule has 0 aliphatic carbocycles. The van der Waals surface area contributed by atoms with E-state index in [9.17, 15) is 13.5 Å². The lowest BCUT2D eigenvalue weighted by Gasteiger charge is -2.09. The Morgan fingerprint density at radius 3 is 2.53 bits per heavy atom. The van der Waals surface area contributed by atoms with Crippen LogP contribution < -0.4 is 9.46 Å². The van der Waals surface area contributed by atoms with Crippen LogP contribution in [0.4, 0.5) is 5.69 Å². The van der Waals surface area contributed by atoms with Crippen molar-refractivity contribution in [3.8, 4) is 11.5 Å². The zero-order valence-corrected chi connectivity index (χ0v) is 12.0. The second-order valence-electron chi connectivity index (χ2n) is 3.85. The van der Waals surface area contributed by atoms with Crippen molar-refractivity contribution in [2.24, 2.45) is 0 Å². The maximum absolute atomic E-state index is 12.1. The number of rotatable bonds is 4. The van der Waals surface area contributed by atoms with Gasteiger partial charge in [-0.1, -0.05) is 0 Å². The van der Waals surface area contributed by atoms with Crippen LogP contribution in [0.3, 0.4) is 0 Å². The van der Waals surface area contributed by atoms with Gasteiger partial charge in [0.2, 0.25) is 0 Å². The first-order valence-corrected chi connectivity index (χ1v) is 7.68. The van der Waals surface area contributed by atoms with Crippen LogP contribution in [0.1, 0.15) is 4.88 Å². The number of ether oxygens (including phenoxy) is 1. The van der Waals surface area contributed by atoms with Crippen LogP contribution in [0.15, 0.2) is 34.5 Å². The van der Waals surface area contributed by atoms with Crippen LogP contribution in [0.5, 0.6) is 11.5 Å². The minimum Gasteiger partial charge on any atom is -0.506 e. The second-order valence-corrected chi connectivity index (χ2v) is 7.05. The Hall–Kier alpha value is -1.73. The molecule has 0 saturated heterocycles. The number of hydrogen-bond donors (Lipinski definition) is 2. The van der Waals surface area contributed by atoms with Crippen molar-refractivity contribution >= 4 is 27.0 Å². The van der Waals surface area contributed by atoms with Gasteiger partial charge in [0.25, 0.3) is 10.0 Å². The molecule has 2 aromatic rings. The lowest BCUT2D eigenvalue weighted by atomic mass is 10.3. The van der Waals surface area contributed by atoms with Crippen LogP contribution in [0.2, 0.25) is 0 Å². The fourth-order valence-corrected chi connectivity index (χ4v) is 3.83. The monoisotopic (exact) mass is 299 g/mol. The van der Waals surface area contributed by atoms with Crippen molar-refractivity contribution in [3.05, 3.63) is 35.2 Å². The lowest BCUT2D eigenvalue weighted by molar-refractivity contribution is 0.408. The fourth-order valence-electron chi connectivity index (χ4n) is 1.48. The van der Waals surface area contributed by atoms with Gasteiger partial charge in [-0.25, -0.2) is 8.42 Å². The lowest BCUT2D eigenvalue weighted by Crippen LogP contribution is -2.11. The van der Waals surface area contributed by atoms with Crippen LogP contribution in [-0.2, 0) is 10.0 Å². The predicted molar refractivity (Wildman–Crippen MR) is 74.5 cm³/mol. The first-order chi connectivity index (χ1) is 8.92. The molecule has 1 aromatic heterocycles. The predicted octanol–water partition coefficient (Wildman–Crippen LogP) is 2.57. The van der Waals surface area contributed by atoms with Crippen molar-refractivity contribution in [2.75, 3.05) is 11.8 Å². The van der Waals surface area contributed by atoms with Gasteiger partial charge in [-0.05, 0) is 31.2 Å². The molecule has 5 nitrogen and oxygen atoms in total. The molecule has 0 aliphatic heterocycles. The van der Waals surface area contributed by atoms with E-state index >= 15 is 0 Å². The Bertz CT molecular complexity index is 692. The number of nitrogens with one attached hydrogen (secondary N) is 1. The Balaban J connectivity index is 2.30. The molecule has 0 spiro atoms. The Morgan fingerprint density at radius 2 is 2.00 bits per heavy atom. The fraction of sp³-hybridized carbons (Fsp3) is 0.167. The molecule has 0 bridgehead atoms. The summed E-state index contributed by atoms with van der Waals surface area (Å²) in [7, 11) is -2.20. The van der Waals surface area contributed by atoms with E-state index in [2.05, 4.69) is 4.72 Å². The first kappa shape index (κ1) is 13.7. The van der Waals surface area contributed by atoms with Crippen LogP contribution >= 0.6 is 11.3 Å². The third-order valence-corrected chi connectivity index (χ3v) is 5.29. The molecule has 1 heterocycles. The molecule has 0 saturated carbocycles. The average Bonchev–Trinajstić information content (AvgIpc) is 2.79. The third-order valence-electron chi connectivity index (χ3n) is 2.43. The van der Waals surface area contributed by atoms with Gasteiger partial charge >= 0.3 is 0 Å². The quantitative estimate of drug-likeness (QED) is 0.851. The Labute approximate surface area is 115 Å². The molecule has 2 N–H and O–H groups in total. The Morgan fingerprint density at radius 1 is 1.26 bits per heavy atom. The van der Waals surface area contributed by atoms with Gasteiger partial charge in [0.1, 0.15) is 15.7 Å². The van der Waals surface area contributed by atoms with E-state index in [1.807, 2.05) is 6.92 Å². The molecule has 0 aliphatic rings. The van der Waals surface area contributed by atoms with E-state index in [0.29, 0.717) is 5.75 Å². The highest BCUT2D eigenvalue weighted by molar-refractivity contribution is 7.94. The van der Waals surface area contributed by atoms with Crippen molar-refractivity contribution in [2.45, 2.75) is 11.1 Å². The van der Waals surface area contributed by atoms with Crippen molar-refractivity contribution < 1.29 is 18.3 Å². The first-order valence-electron chi connectivity index (χ1n) is 5.38. The van der Waals surface area contributed by atoms with E-state index in [1.54, 1.807) is 12.1 Å². The number of methoxy groups -OCH3 is 1. The minimum atomic E-state index is -3.67. The third kappa shape index (κ3) is 2.99. The number of phenols is 1. The summed E-state index contributed by atoms with van der Waals surface area (Å²) in [6.07, 6.45) is 0. The number of thiophene rings is 1. The summed E-state index contributed by atoms with van der Waals surface area (Å²) in [5.41, 5.74) is 0.117. The van der Waals surface area contributed by atoms with Gasteiger partial charge < -0.3 is 9.84 Å². The molecule has 2 rings (SSSR count). The van der Waals surface area contributed by atoms with E-state index < -0.39 is 10.0 Å². The van der Waals surface area contributed by atoms with E-state index in [-0.39, 0.29) is 15.6 Å². The molecular formula is C12H13NO4S2. The van der Waals surface area contributed by atoms with Crippen LogP contribution in [-0.4, -0.2) is 20.6 Å². The highest BCUT2D eigenvalue weighted by Crippen LogP contribution is 2.31. The highest BCUT2D eigenvalue weighted by Gasteiger charge is 2.18. The topological polar surface area (TPSA) is 75.6 Å². The van der Waals surface area contributed by atoms with Crippen molar-refractivity contribution in [1.82, 2.24) is 0 Å².